The average molecular weight is 294 g/mol. The summed E-state index contributed by atoms with van der Waals surface area (Å²) in [5, 5.41) is 0. The third kappa shape index (κ3) is 1.33. The molecule has 1 rings (SSSR count). The molecule has 0 unspecified atom stereocenters. The third-order valence-electron chi connectivity index (χ3n) is 1.98. The monoisotopic (exact) mass is 292 g/mol. The van der Waals surface area contributed by atoms with Crippen molar-refractivity contribution in [1.82, 2.24) is 0 Å². The van der Waals surface area contributed by atoms with Gasteiger partial charge in [0.05, 0.1) is 11.4 Å². The van der Waals surface area contributed by atoms with E-state index in [-0.39, 0.29) is 0 Å². The van der Waals surface area contributed by atoms with E-state index in [9.17, 15) is 0 Å². The van der Waals surface area contributed by atoms with E-state index >= 15 is 0 Å². The molecule has 0 aromatic heterocycles. The first-order valence-electron chi connectivity index (χ1n) is 3.46. The van der Waals surface area contributed by atoms with Gasteiger partial charge in [0.2, 0.25) is 0 Å². The summed E-state index contributed by atoms with van der Waals surface area (Å²) in [5.74, 6) is 0. The molecular weight excluding hydrogens is 284 g/mol. The number of nitrogens with two attached hydrogens (primary N) is 2. The minimum Gasteiger partial charge on any atom is -0.396 e. The van der Waals surface area contributed by atoms with E-state index in [1.165, 1.54) is 0 Å². The Morgan fingerprint density at radius 3 is 1.33 bits per heavy atom. The van der Waals surface area contributed by atoms with E-state index in [0.717, 1.165) is 20.1 Å². The van der Waals surface area contributed by atoms with Gasteiger partial charge >= 0.3 is 0 Å². The molecule has 0 amide bonds. The van der Waals surface area contributed by atoms with Gasteiger partial charge in [-0.15, -0.1) is 0 Å². The number of hydrogen-bond acceptors (Lipinski definition) is 2. The number of rotatable bonds is 0. The predicted octanol–water partition coefficient (Wildman–Crippen LogP) is 2.99. The highest BCUT2D eigenvalue weighted by molar-refractivity contribution is 9.11. The lowest BCUT2D eigenvalue weighted by Gasteiger charge is -2.12. The van der Waals surface area contributed by atoms with Gasteiger partial charge in [-0.1, -0.05) is 0 Å². The lowest BCUT2D eigenvalue weighted by Crippen LogP contribution is -2.00. The molecule has 0 fully saturated rings. The van der Waals surface area contributed by atoms with Crippen LogP contribution in [0.5, 0.6) is 0 Å². The normalized spacial score (nSPS) is 10.3. The van der Waals surface area contributed by atoms with Crippen molar-refractivity contribution in [2.24, 2.45) is 0 Å². The molecule has 0 aliphatic heterocycles. The number of hydrogen-bond donors (Lipinski definition) is 2. The van der Waals surface area contributed by atoms with Crippen molar-refractivity contribution >= 4 is 43.2 Å². The molecule has 1 aromatic carbocycles. The van der Waals surface area contributed by atoms with Crippen LogP contribution in [-0.4, -0.2) is 0 Å². The maximum atomic E-state index is 5.75. The molecule has 0 heterocycles. The van der Waals surface area contributed by atoms with Gasteiger partial charge in [0.15, 0.2) is 0 Å². The van der Waals surface area contributed by atoms with Crippen LogP contribution in [-0.2, 0) is 0 Å². The Balaban J connectivity index is 3.60. The minimum absolute atomic E-state index is 0.602. The van der Waals surface area contributed by atoms with Gasteiger partial charge in [0.25, 0.3) is 0 Å². The van der Waals surface area contributed by atoms with Gasteiger partial charge in [-0.05, 0) is 56.8 Å². The maximum absolute atomic E-state index is 5.75. The van der Waals surface area contributed by atoms with Gasteiger partial charge in [0.1, 0.15) is 0 Å². The molecule has 0 aliphatic carbocycles. The van der Waals surface area contributed by atoms with Crippen LogP contribution in [0.25, 0.3) is 0 Å². The van der Waals surface area contributed by atoms with Crippen LogP contribution in [0, 0.1) is 13.8 Å². The van der Waals surface area contributed by atoms with E-state index < -0.39 is 0 Å². The molecule has 1 aromatic rings. The summed E-state index contributed by atoms with van der Waals surface area (Å²) in [5.41, 5.74) is 14.9. The van der Waals surface area contributed by atoms with Crippen LogP contribution in [0.4, 0.5) is 11.4 Å². The highest BCUT2D eigenvalue weighted by atomic mass is 79.9. The zero-order valence-electron chi connectivity index (χ0n) is 6.91. The zero-order valence-corrected chi connectivity index (χ0v) is 10.1. The van der Waals surface area contributed by atoms with E-state index in [2.05, 4.69) is 31.9 Å². The molecule has 4 N–H and O–H groups in total. The molecule has 0 radical (unpaired) electrons. The number of benzene rings is 1. The van der Waals surface area contributed by atoms with E-state index in [0.29, 0.717) is 11.4 Å². The van der Waals surface area contributed by atoms with Crippen molar-refractivity contribution in [3.8, 4) is 0 Å². The number of nitrogen functional groups attached to an aromatic ring is 2. The van der Waals surface area contributed by atoms with Crippen molar-refractivity contribution in [2.45, 2.75) is 13.8 Å². The standard InChI is InChI=1S/C8H10Br2N2/c1-3-4(2)6(10)8(12)7(11)5(3)9/h11-12H2,1-2H3. The Kier molecular flexibility index (Phi) is 2.68. The smallest absolute Gasteiger partial charge is 0.0706 e. The molecule has 0 saturated carbocycles. The minimum atomic E-state index is 0.602. The van der Waals surface area contributed by atoms with Gasteiger partial charge in [-0.25, -0.2) is 0 Å². The molecular formula is C8H10Br2N2. The SMILES string of the molecule is Cc1c(C)c(Br)c(N)c(N)c1Br. The Labute approximate surface area is 88.6 Å². The summed E-state index contributed by atoms with van der Waals surface area (Å²) in [7, 11) is 0. The van der Waals surface area contributed by atoms with Gasteiger partial charge in [-0.3, -0.25) is 0 Å². The van der Waals surface area contributed by atoms with Crippen LogP contribution >= 0.6 is 31.9 Å². The van der Waals surface area contributed by atoms with Crippen LogP contribution in [0.2, 0.25) is 0 Å². The summed E-state index contributed by atoms with van der Waals surface area (Å²) >= 11 is 6.78. The van der Waals surface area contributed by atoms with Crippen LogP contribution < -0.4 is 11.5 Å². The lowest BCUT2D eigenvalue weighted by molar-refractivity contribution is 1.30. The molecule has 4 heteroatoms. The Morgan fingerprint density at radius 1 is 0.833 bits per heavy atom. The lowest BCUT2D eigenvalue weighted by atomic mass is 10.1. The fraction of sp³-hybridized carbons (Fsp3) is 0.250. The maximum Gasteiger partial charge on any atom is 0.0706 e. The molecule has 12 heavy (non-hydrogen) atoms. The van der Waals surface area contributed by atoms with Crippen LogP contribution in [0.1, 0.15) is 11.1 Å². The first-order valence-corrected chi connectivity index (χ1v) is 5.04. The highest BCUT2D eigenvalue weighted by Gasteiger charge is 2.11. The van der Waals surface area contributed by atoms with Crippen molar-refractivity contribution in [1.29, 1.82) is 0 Å². The third-order valence-corrected chi connectivity index (χ3v) is 4.03. The zero-order chi connectivity index (χ0) is 9.46. The van der Waals surface area contributed by atoms with E-state index in [1.807, 2.05) is 13.8 Å². The molecule has 0 atom stereocenters. The predicted molar refractivity (Wildman–Crippen MR) is 60.1 cm³/mol. The van der Waals surface area contributed by atoms with Crippen molar-refractivity contribution in [2.75, 3.05) is 11.5 Å². The van der Waals surface area contributed by atoms with Gasteiger partial charge in [0, 0.05) is 8.95 Å². The van der Waals surface area contributed by atoms with Gasteiger partial charge in [-0.2, -0.15) is 0 Å². The van der Waals surface area contributed by atoms with E-state index in [4.69, 9.17) is 11.5 Å². The number of halogens is 2. The summed E-state index contributed by atoms with van der Waals surface area (Å²) in [4.78, 5) is 0. The molecule has 0 aliphatic rings. The first-order chi connectivity index (χ1) is 5.46. The Bertz CT molecular complexity index is 229. The quantitative estimate of drug-likeness (QED) is 0.723. The summed E-state index contributed by atoms with van der Waals surface area (Å²) in [6, 6.07) is 0. The van der Waals surface area contributed by atoms with Crippen LogP contribution in [0.3, 0.4) is 0 Å². The molecule has 0 bridgehead atoms. The second-order valence-corrected chi connectivity index (χ2v) is 4.29. The fourth-order valence-electron chi connectivity index (χ4n) is 0.970. The average Bonchev–Trinajstić information content (AvgIpc) is 2.08. The molecule has 0 spiro atoms. The van der Waals surface area contributed by atoms with Gasteiger partial charge < -0.3 is 11.5 Å². The molecule has 0 saturated heterocycles. The summed E-state index contributed by atoms with van der Waals surface area (Å²) in [6.07, 6.45) is 0. The Morgan fingerprint density at radius 2 is 1.08 bits per heavy atom. The first kappa shape index (κ1) is 9.86. The second kappa shape index (κ2) is 3.26. The highest BCUT2D eigenvalue weighted by Crippen LogP contribution is 2.38. The molecule has 2 nitrogen and oxygen atoms in total. The van der Waals surface area contributed by atoms with Crippen molar-refractivity contribution in [3.05, 3.63) is 20.1 Å². The number of anilines is 2. The van der Waals surface area contributed by atoms with Crippen LogP contribution in [0.15, 0.2) is 8.95 Å². The molecule has 66 valence electrons. The fourth-order valence-corrected chi connectivity index (χ4v) is 1.99. The second-order valence-electron chi connectivity index (χ2n) is 2.71. The topological polar surface area (TPSA) is 52.0 Å². The van der Waals surface area contributed by atoms with Crippen molar-refractivity contribution in [3.63, 3.8) is 0 Å². The van der Waals surface area contributed by atoms with Crippen molar-refractivity contribution < 1.29 is 0 Å². The Hall–Kier alpha value is -0.220. The summed E-state index contributed by atoms with van der Waals surface area (Å²) < 4.78 is 1.78. The largest absolute Gasteiger partial charge is 0.396 e. The van der Waals surface area contributed by atoms with E-state index in [1.54, 1.807) is 0 Å². The summed E-state index contributed by atoms with van der Waals surface area (Å²) in [6.45, 7) is 4.00.